The quantitative estimate of drug-likeness (QED) is 0.448. The van der Waals surface area contributed by atoms with Crippen LogP contribution in [-0.4, -0.2) is 34.7 Å². The minimum atomic E-state index is -0.953. The maximum Gasteiger partial charge on any atom is 0.321 e. The van der Waals surface area contributed by atoms with Gasteiger partial charge in [0.05, 0.1) is 0 Å². The normalized spacial score (nSPS) is 15.5. The molecule has 0 aromatic heterocycles. The number of rotatable bonds is 7. The Balaban J connectivity index is 3.42. The molecule has 0 aliphatic carbocycles. The standard InChI is InChI=1S/C8H18N2O2S2/c1-5(2)6(9)3-13-14-4-7(10)8(11)12/h5-7H,3-4,9-10H2,1-2H3,(H,11,12)/t6-,7-/m0/s1. The Hall–Kier alpha value is 0.0900. The molecular formula is C8H18N2O2S2. The van der Waals surface area contributed by atoms with Gasteiger partial charge in [0.2, 0.25) is 0 Å². The molecule has 0 unspecified atom stereocenters. The molecule has 0 spiro atoms. The van der Waals surface area contributed by atoms with Gasteiger partial charge in [0.15, 0.2) is 0 Å². The largest absolute Gasteiger partial charge is 0.480 e. The molecule has 84 valence electrons. The molecular weight excluding hydrogens is 220 g/mol. The number of hydrogen-bond donors (Lipinski definition) is 3. The van der Waals surface area contributed by atoms with Gasteiger partial charge in [0, 0.05) is 17.5 Å². The highest BCUT2D eigenvalue weighted by Gasteiger charge is 2.12. The van der Waals surface area contributed by atoms with Gasteiger partial charge in [-0.2, -0.15) is 0 Å². The van der Waals surface area contributed by atoms with E-state index in [-0.39, 0.29) is 6.04 Å². The molecule has 0 fully saturated rings. The molecule has 5 N–H and O–H groups in total. The molecule has 14 heavy (non-hydrogen) atoms. The van der Waals surface area contributed by atoms with Crippen LogP contribution in [0, 0.1) is 5.92 Å². The van der Waals surface area contributed by atoms with Crippen molar-refractivity contribution in [3.8, 4) is 0 Å². The molecule has 0 rings (SSSR count). The second-order valence-corrected chi connectivity index (χ2v) is 5.97. The van der Waals surface area contributed by atoms with E-state index in [1.807, 2.05) is 0 Å². The van der Waals surface area contributed by atoms with Crippen molar-refractivity contribution in [2.24, 2.45) is 17.4 Å². The lowest BCUT2D eigenvalue weighted by atomic mass is 10.1. The van der Waals surface area contributed by atoms with Crippen LogP contribution >= 0.6 is 21.6 Å². The fraction of sp³-hybridized carbons (Fsp3) is 0.875. The lowest BCUT2D eigenvalue weighted by Gasteiger charge is -2.14. The van der Waals surface area contributed by atoms with Gasteiger partial charge in [-0.25, -0.2) is 0 Å². The van der Waals surface area contributed by atoms with E-state index in [2.05, 4.69) is 13.8 Å². The second kappa shape index (κ2) is 7.39. The lowest BCUT2D eigenvalue weighted by Crippen LogP contribution is -2.32. The van der Waals surface area contributed by atoms with Crippen LogP contribution in [0.2, 0.25) is 0 Å². The Morgan fingerprint density at radius 3 is 2.21 bits per heavy atom. The highest BCUT2D eigenvalue weighted by Crippen LogP contribution is 2.23. The number of hydrogen-bond acceptors (Lipinski definition) is 5. The van der Waals surface area contributed by atoms with Crippen LogP contribution in [0.4, 0.5) is 0 Å². The number of nitrogens with two attached hydrogens (primary N) is 2. The van der Waals surface area contributed by atoms with Crippen molar-refractivity contribution >= 4 is 27.6 Å². The van der Waals surface area contributed by atoms with Crippen molar-refractivity contribution in [3.63, 3.8) is 0 Å². The number of carbonyl (C=O) groups is 1. The highest BCUT2D eigenvalue weighted by atomic mass is 33.1. The Bertz CT molecular complexity index is 179. The summed E-state index contributed by atoms with van der Waals surface area (Å²) in [6.07, 6.45) is 0. The molecule has 0 aliphatic rings. The average molecular weight is 238 g/mol. The summed E-state index contributed by atoms with van der Waals surface area (Å²) >= 11 is 0. The first kappa shape index (κ1) is 14.1. The molecule has 0 saturated heterocycles. The Morgan fingerprint density at radius 1 is 1.29 bits per heavy atom. The van der Waals surface area contributed by atoms with Crippen LogP contribution in [0.15, 0.2) is 0 Å². The molecule has 2 atom stereocenters. The Morgan fingerprint density at radius 2 is 1.79 bits per heavy atom. The van der Waals surface area contributed by atoms with Crippen LogP contribution in [0.1, 0.15) is 13.8 Å². The van der Waals surface area contributed by atoms with Crippen molar-refractivity contribution in [1.82, 2.24) is 0 Å². The van der Waals surface area contributed by atoms with Gasteiger partial charge in [-0.3, -0.25) is 4.79 Å². The third-order valence-electron chi connectivity index (χ3n) is 1.76. The number of carboxylic acid groups (broad SMARTS) is 1. The molecule has 0 radical (unpaired) electrons. The van der Waals surface area contributed by atoms with Gasteiger partial charge >= 0.3 is 5.97 Å². The molecule has 0 saturated carbocycles. The molecule has 0 bridgehead atoms. The van der Waals surface area contributed by atoms with Gasteiger partial charge in [-0.15, -0.1) is 0 Å². The fourth-order valence-electron chi connectivity index (χ4n) is 0.512. The SMILES string of the molecule is CC(C)[C@@H](N)CSSC[C@H](N)C(=O)O. The van der Waals surface area contributed by atoms with Crippen LogP contribution in [0.5, 0.6) is 0 Å². The van der Waals surface area contributed by atoms with E-state index in [1.165, 1.54) is 10.8 Å². The van der Waals surface area contributed by atoms with E-state index in [1.54, 1.807) is 10.8 Å². The van der Waals surface area contributed by atoms with E-state index in [4.69, 9.17) is 16.6 Å². The molecule has 0 amide bonds. The average Bonchev–Trinajstić information content (AvgIpc) is 2.11. The van der Waals surface area contributed by atoms with Crippen molar-refractivity contribution in [3.05, 3.63) is 0 Å². The van der Waals surface area contributed by atoms with Crippen molar-refractivity contribution in [1.29, 1.82) is 0 Å². The molecule has 0 aliphatic heterocycles. The minimum Gasteiger partial charge on any atom is -0.480 e. The van der Waals surface area contributed by atoms with Gasteiger partial charge < -0.3 is 16.6 Å². The van der Waals surface area contributed by atoms with Crippen LogP contribution < -0.4 is 11.5 Å². The maximum atomic E-state index is 10.4. The minimum absolute atomic E-state index is 0.161. The van der Waals surface area contributed by atoms with E-state index >= 15 is 0 Å². The van der Waals surface area contributed by atoms with E-state index < -0.39 is 12.0 Å². The molecule has 0 aromatic rings. The number of aliphatic carboxylic acids is 1. The second-order valence-electron chi connectivity index (χ2n) is 3.42. The third kappa shape index (κ3) is 6.53. The van der Waals surface area contributed by atoms with Crippen molar-refractivity contribution < 1.29 is 9.90 Å². The first-order valence-corrected chi connectivity index (χ1v) is 6.92. The maximum absolute atomic E-state index is 10.4. The smallest absolute Gasteiger partial charge is 0.321 e. The predicted molar refractivity (Wildman–Crippen MR) is 63.3 cm³/mol. The van der Waals surface area contributed by atoms with Gasteiger partial charge in [0.25, 0.3) is 0 Å². The van der Waals surface area contributed by atoms with E-state index in [0.29, 0.717) is 11.7 Å². The first-order chi connectivity index (χ1) is 6.45. The topological polar surface area (TPSA) is 89.3 Å². The summed E-state index contributed by atoms with van der Waals surface area (Å²) < 4.78 is 0. The van der Waals surface area contributed by atoms with Crippen LogP contribution in [-0.2, 0) is 4.79 Å². The van der Waals surface area contributed by atoms with E-state index in [0.717, 1.165) is 5.75 Å². The summed E-state index contributed by atoms with van der Waals surface area (Å²) in [5.41, 5.74) is 11.1. The molecule has 4 nitrogen and oxygen atoms in total. The summed E-state index contributed by atoms with van der Waals surface area (Å²) in [7, 11) is 3.05. The summed E-state index contributed by atoms with van der Waals surface area (Å²) in [6.45, 7) is 4.14. The van der Waals surface area contributed by atoms with Crippen molar-refractivity contribution in [2.45, 2.75) is 25.9 Å². The first-order valence-electron chi connectivity index (χ1n) is 4.43. The zero-order chi connectivity index (χ0) is 11.1. The van der Waals surface area contributed by atoms with Crippen molar-refractivity contribution in [2.75, 3.05) is 11.5 Å². The molecule has 6 heteroatoms. The zero-order valence-corrected chi connectivity index (χ0v) is 10.1. The van der Waals surface area contributed by atoms with E-state index in [9.17, 15) is 4.79 Å². The Kier molecular flexibility index (Phi) is 7.44. The van der Waals surface area contributed by atoms with Crippen LogP contribution in [0.25, 0.3) is 0 Å². The summed E-state index contributed by atoms with van der Waals surface area (Å²) in [5, 5.41) is 8.51. The summed E-state index contributed by atoms with van der Waals surface area (Å²) in [4.78, 5) is 10.4. The Labute approximate surface area is 92.6 Å². The van der Waals surface area contributed by atoms with Gasteiger partial charge in [0.1, 0.15) is 6.04 Å². The highest BCUT2D eigenvalue weighted by molar-refractivity contribution is 8.76. The number of carboxylic acids is 1. The molecule has 0 aromatic carbocycles. The monoisotopic (exact) mass is 238 g/mol. The van der Waals surface area contributed by atoms with Crippen LogP contribution in [0.3, 0.4) is 0 Å². The summed E-state index contributed by atoms with van der Waals surface area (Å²) in [6, 6.07) is -0.615. The third-order valence-corrected chi connectivity index (χ3v) is 4.26. The summed E-state index contributed by atoms with van der Waals surface area (Å²) in [5.74, 6) is 0.752. The predicted octanol–water partition coefficient (Wildman–Crippen LogP) is 0.763. The van der Waals surface area contributed by atoms with Gasteiger partial charge in [-0.05, 0) is 5.92 Å². The molecule has 0 heterocycles. The lowest BCUT2D eigenvalue weighted by molar-refractivity contribution is -0.137. The van der Waals surface area contributed by atoms with Gasteiger partial charge in [-0.1, -0.05) is 35.4 Å². The fourth-order valence-corrected chi connectivity index (χ4v) is 3.02. The zero-order valence-electron chi connectivity index (χ0n) is 8.47.